The number of hydrogen-bond donors (Lipinski definition) is 1. The van der Waals surface area contributed by atoms with Crippen LogP contribution in [0.25, 0.3) is 0 Å². The van der Waals surface area contributed by atoms with Crippen LogP contribution in [0.4, 0.5) is 0 Å². The van der Waals surface area contributed by atoms with E-state index in [1.807, 2.05) is 13.8 Å². The maximum absolute atomic E-state index is 10.2. The zero-order chi connectivity index (χ0) is 14.1. The van der Waals surface area contributed by atoms with Crippen molar-refractivity contribution in [1.82, 2.24) is 0 Å². The number of rotatable bonds is 0. The number of aliphatic hydroxyl groups is 1. The maximum Gasteiger partial charge on any atom is 0.201 e. The van der Waals surface area contributed by atoms with Crippen molar-refractivity contribution in [3.05, 3.63) is 0 Å². The van der Waals surface area contributed by atoms with Crippen molar-refractivity contribution < 1.29 is 24.4 Å². The molecule has 2 bridgehead atoms. The summed E-state index contributed by atoms with van der Waals surface area (Å²) in [6.07, 6.45) is 2.72. The highest BCUT2D eigenvalue weighted by molar-refractivity contribution is 5.08. The van der Waals surface area contributed by atoms with Gasteiger partial charge in [0, 0.05) is 18.3 Å². The van der Waals surface area contributed by atoms with Crippen molar-refractivity contribution in [1.29, 1.82) is 0 Å². The molecule has 5 heteroatoms. The molecule has 5 fully saturated rings. The van der Waals surface area contributed by atoms with E-state index < -0.39 is 24.0 Å². The topological polar surface area (TPSA) is 57.2 Å². The van der Waals surface area contributed by atoms with Gasteiger partial charge < -0.3 is 14.6 Å². The highest BCUT2D eigenvalue weighted by Crippen LogP contribution is 2.60. The third-order valence-electron chi connectivity index (χ3n) is 6.12. The van der Waals surface area contributed by atoms with E-state index in [-0.39, 0.29) is 11.8 Å². The van der Waals surface area contributed by atoms with Crippen LogP contribution in [0, 0.1) is 23.7 Å². The van der Waals surface area contributed by atoms with Gasteiger partial charge in [0.2, 0.25) is 5.79 Å². The molecule has 5 rings (SSSR count). The summed E-state index contributed by atoms with van der Waals surface area (Å²) in [5.74, 6) is 0.437. The second-order valence-electron chi connectivity index (χ2n) is 7.30. The van der Waals surface area contributed by atoms with E-state index in [4.69, 9.17) is 19.2 Å². The normalized spacial score (nSPS) is 61.8. The second kappa shape index (κ2) is 4.17. The lowest BCUT2D eigenvalue weighted by Crippen LogP contribution is -2.70. The average Bonchev–Trinajstić information content (AvgIpc) is 2.63. The summed E-state index contributed by atoms with van der Waals surface area (Å²) in [4.78, 5) is 11.6. The van der Waals surface area contributed by atoms with Crippen LogP contribution in [-0.4, -0.2) is 29.1 Å². The molecule has 5 aliphatic rings. The third-order valence-corrected chi connectivity index (χ3v) is 6.12. The van der Waals surface area contributed by atoms with Gasteiger partial charge in [-0.15, -0.1) is 0 Å². The molecule has 4 heterocycles. The predicted octanol–water partition coefficient (Wildman–Crippen LogP) is 2.19. The summed E-state index contributed by atoms with van der Waals surface area (Å²) in [6.45, 7) is 6.22. The minimum absolute atomic E-state index is 0.0379. The first-order chi connectivity index (χ1) is 9.46. The quantitative estimate of drug-likeness (QED) is 0.691. The van der Waals surface area contributed by atoms with Gasteiger partial charge in [0.1, 0.15) is 0 Å². The Labute approximate surface area is 119 Å². The molecule has 0 aromatic heterocycles. The monoisotopic (exact) mass is 284 g/mol. The first-order valence-corrected chi connectivity index (χ1v) is 7.84. The highest BCUT2D eigenvalue weighted by Gasteiger charge is 2.69. The highest BCUT2D eigenvalue weighted by atomic mass is 17.3. The molecule has 1 N–H and O–H groups in total. The predicted molar refractivity (Wildman–Crippen MR) is 69.0 cm³/mol. The fourth-order valence-electron chi connectivity index (χ4n) is 4.89. The Morgan fingerprint density at radius 3 is 2.65 bits per heavy atom. The number of aliphatic hydroxyl groups excluding tert-OH is 1. The molecule has 4 aliphatic heterocycles. The molecular formula is C15H24O5. The Balaban J connectivity index is 1.82. The van der Waals surface area contributed by atoms with Gasteiger partial charge in [-0.25, -0.2) is 9.78 Å². The van der Waals surface area contributed by atoms with Crippen LogP contribution in [-0.2, 0) is 19.2 Å². The van der Waals surface area contributed by atoms with Crippen molar-refractivity contribution in [3.63, 3.8) is 0 Å². The molecule has 0 aromatic rings. The molecule has 5 nitrogen and oxygen atoms in total. The minimum atomic E-state index is -0.781. The van der Waals surface area contributed by atoms with Gasteiger partial charge in [-0.05, 0) is 38.0 Å². The summed E-state index contributed by atoms with van der Waals surface area (Å²) in [5, 5.41) is 10.2. The molecule has 0 aromatic carbocycles. The van der Waals surface area contributed by atoms with E-state index in [2.05, 4.69) is 6.92 Å². The number of ether oxygens (including phenoxy) is 2. The van der Waals surface area contributed by atoms with Crippen LogP contribution in [0.15, 0.2) is 0 Å². The Morgan fingerprint density at radius 2 is 1.85 bits per heavy atom. The van der Waals surface area contributed by atoms with Crippen LogP contribution in [0.2, 0.25) is 0 Å². The first kappa shape index (κ1) is 13.5. The maximum atomic E-state index is 10.2. The Hall–Kier alpha value is -0.200. The van der Waals surface area contributed by atoms with Gasteiger partial charge in [-0.1, -0.05) is 13.8 Å². The molecule has 4 saturated heterocycles. The summed E-state index contributed by atoms with van der Waals surface area (Å²) >= 11 is 0. The van der Waals surface area contributed by atoms with E-state index in [0.29, 0.717) is 11.8 Å². The van der Waals surface area contributed by atoms with Crippen molar-refractivity contribution in [2.24, 2.45) is 23.7 Å². The van der Waals surface area contributed by atoms with E-state index in [9.17, 15) is 5.11 Å². The van der Waals surface area contributed by atoms with Crippen LogP contribution in [0.3, 0.4) is 0 Å². The van der Waals surface area contributed by atoms with Gasteiger partial charge in [0.25, 0.3) is 0 Å². The van der Waals surface area contributed by atoms with E-state index in [1.54, 1.807) is 0 Å². The summed E-state index contributed by atoms with van der Waals surface area (Å²) in [7, 11) is 0. The smallest absolute Gasteiger partial charge is 0.201 e. The lowest BCUT2D eigenvalue weighted by atomic mass is 9.58. The third kappa shape index (κ3) is 1.56. The average molecular weight is 284 g/mol. The molecule has 20 heavy (non-hydrogen) atoms. The number of fused-ring (bicyclic) bond motifs is 2. The van der Waals surface area contributed by atoms with Gasteiger partial charge in [-0.3, -0.25) is 0 Å². The minimum Gasteiger partial charge on any atom is -0.368 e. The molecular weight excluding hydrogens is 260 g/mol. The molecule has 0 amide bonds. The fraction of sp³-hybridized carbons (Fsp3) is 1.00. The summed E-state index contributed by atoms with van der Waals surface area (Å²) < 4.78 is 11.9. The van der Waals surface area contributed by atoms with Crippen LogP contribution < -0.4 is 0 Å². The van der Waals surface area contributed by atoms with Crippen molar-refractivity contribution in [2.45, 2.75) is 70.4 Å². The lowest BCUT2D eigenvalue weighted by molar-refractivity contribution is -0.576. The molecule has 1 spiro atoms. The zero-order valence-electron chi connectivity index (χ0n) is 12.4. The summed E-state index contributed by atoms with van der Waals surface area (Å²) in [6, 6.07) is 0. The lowest BCUT2D eigenvalue weighted by Gasteiger charge is -2.59. The van der Waals surface area contributed by atoms with Crippen LogP contribution in [0.5, 0.6) is 0 Å². The first-order valence-electron chi connectivity index (χ1n) is 7.84. The van der Waals surface area contributed by atoms with E-state index in [1.165, 1.54) is 6.42 Å². The van der Waals surface area contributed by atoms with Gasteiger partial charge in [0.15, 0.2) is 18.2 Å². The van der Waals surface area contributed by atoms with Gasteiger partial charge >= 0.3 is 0 Å². The standard InChI is InChI=1S/C15H24O5/c1-8-4-5-11-9(2)12(16)17-13-15(11)10(8)6-7-14(3,18-13)19-20-15/h8-13,16H,4-7H2,1-3H3/t8-,9-,10?,11+,12+,13-,14-,15-/m1/s1. The van der Waals surface area contributed by atoms with Gasteiger partial charge in [-0.2, -0.15) is 0 Å². The second-order valence-corrected chi connectivity index (χ2v) is 7.30. The number of hydrogen-bond acceptors (Lipinski definition) is 5. The molecule has 1 unspecified atom stereocenters. The van der Waals surface area contributed by atoms with Gasteiger partial charge in [0.05, 0.1) is 0 Å². The van der Waals surface area contributed by atoms with E-state index in [0.717, 1.165) is 19.3 Å². The largest absolute Gasteiger partial charge is 0.368 e. The Morgan fingerprint density at radius 1 is 1.05 bits per heavy atom. The fourth-order valence-corrected chi connectivity index (χ4v) is 4.89. The van der Waals surface area contributed by atoms with Crippen LogP contribution in [0.1, 0.15) is 46.5 Å². The summed E-state index contributed by atoms with van der Waals surface area (Å²) in [5.41, 5.74) is -0.549. The van der Waals surface area contributed by atoms with Crippen LogP contribution >= 0.6 is 0 Å². The van der Waals surface area contributed by atoms with Crippen molar-refractivity contribution >= 4 is 0 Å². The Bertz CT molecular complexity index is 411. The Kier molecular flexibility index (Phi) is 2.81. The van der Waals surface area contributed by atoms with Crippen molar-refractivity contribution in [3.8, 4) is 0 Å². The zero-order valence-corrected chi connectivity index (χ0v) is 12.4. The molecule has 1 saturated carbocycles. The molecule has 8 atom stereocenters. The molecule has 1 aliphatic carbocycles. The van der Waals surface area contributed by atoms with E-state index >= 15 is 0 Å². The molecule has 0 radical (unpaired) electrons. The SMILES string of the molecule is C[C@H]1[C@@H](O)O[C@@H]2O[C@@]3(C)CCC4[C@H](C)CC[C@@H]1[C@]42OO3. The molecule has 114 valence electrons. The van der Waals surface area contributed by atoms with Crippen molar-refractivity contribution in [2.75, 3.05) is 0 Å².